The maximum Gasteiger partial charge on any atom is 0.231 e. The highest BCUT2D eigenvalue weighted by molar-refractivity contribution is 5.89. The van der Waals surface area contributed by atoms with Crippen molar-refractivity contribution >= 4 is 5.71 Å². The fraction of sp³-hybridized carbons (Fsp3) is 0.500. The van der Waals surface area contributed by atoms with Gasteiger partial charge in [0.2, 0.25) is 18.3 Å². The van der Waals surface area contributed by atoms with Crippen molar-refractivity contribution in [2.45, 2.75) is 13.0 Å². The van der Waals surface area contributed by atoms with Crippen LogP contribution in [-0.4, -0.2) is 38.4 Å². The number of fused-ring (bicyclic) bond motifs is 1. The van der Waals surface area contributed by atoms with Crippen molar-refractivity contribution < 1.29 is 28.9 Å². The number of benzene rings is 1. The van der Waals surface area contributed by atoms with Crippen molar-refractivity contribution in [2.24, 2.45) is 11.1 Å². The Bertz CT molecular complexity index is 585. The molecule has 0 saturated carbocycles. The van der Waals surface area contributed by atoms with Gasteiger partial charge in [0.05, 0.1) is 26.5 Å². The predicted molar refractivity (Wildman–Crippen MR) is 73.2 cm³/mol. The summed E-state index contributed by atoms with van der Waals surface area (Å²) in [6, 6.07) is 1.79. The van der Waals surface area contributed by atoms with Gasteiger partial charge < -0.3 is 28.9 Å². The first kappa shape index (κ1) is 13.8. The summed E-state index contributed by atoms with van der Waals surface area (Å²) in [5.41, 5.74) is 1.34. The van der Waals surface area contributed by atoms with Crippen molar-refractivity contribution in [1.82, 2.24) is 0 Å². The molecule has 0 unspecified atom stereocenters. The van der Waals surface area contributed by atoms with Gasteiger partial charge in [-0.3, -0.25) is 0 Å². The molecular weight excluding hydrogens is 278 g/mol. The number of ether oxygens (including phenoxy) is 4. The number of aliphatic hydroxyl groups is 1. The van der Waals surface area contributed by atoms with Gasteiger partial charge in [0, 0.05) is 11.5 Å². The van der Waals surface area contributed by atoms with Gasteiger partial charge in [-0.05, 0) is 6.07 Å². The standard InChI is InChI=1S/C14H17NO6/c1-7-9(5-16)15-21-11(7)8-4-10(17-2)13-14(12(8)18-3)20-6-19-13/h4,7,11,16H,5-6H2,1-3H3/t7-,11+/m0/s1. The molecule has 3 rings (SSSR count). The fourth-order valence-corrected chi connectivity index (χ4v) is 2.58. The van der Waals surface area contributed by atoms with Crippen LogP contribution in [0.15, 0.2) is 11.2 Å². The molecule has 2 heterocycles. The molecule has 0 saturated heterocycles. The lowest BCUT2D eigenvalue weighted by atomic mass is 9.93. The van der Waals surface area contributed by atoms with Crippen LogP contribution in [0.3, 0.4) is 0 Å². The molecule has 0 fully saturated rings. The third kappa shape index (κ3) is 2.04. The first-order chi connectivity index (χ1) is 10.2. The van der Waals surface area contributed by atoms with Gasteiger partial charge in [0.1, 0.15) is 0 Å². The van der Waals surface area contributed by atoms with Gasteiger partial charge in [-0.2, -0.15) is 0 Å². The molecule has 1 N–H and O–H groups in total. The molecule has 1 aromatic rings. The molecule has 2 atom stereocenters. The first-order valence-corrected chi connectivity index (χ1v) is 6.59. The molecule has 7 nitrogen and oxygen atoms in total. The maximum atomic E-state index is 9.27. The molecular formula is C14H17NO6. The van der Waals surface area contributed by atoms with E-state index < -0.39 is 0 Å². The van der Waals surface area contributed by atoms with Crippen LogP contribution in [0, 0.1) is 5.92 Å². The van der Waals surface area contributed by atoms with Crippen LogP contribution in [0.5, 0.6) is 23.0 Å². The van der Waals surface area contributed by atoms with E-state index in [0.29, 0.717) is 28.7 Å². The minimum absolute atomic E-state index is 0.0750. The zero-order valence-corrected chi connectivity index (χ0v) is 12.1. The molecule has 0 spiro atoms. The largest absolute Gasteiger partial charge is 0.493 e. The molecule has 2 aliphatic heterocycles. The quantitative estimate of drug-likeness (QED) is 0.906. The lowest BCUT2D eigenvalue weighted by Gasteiger charge is -2.19. The molecule has 0 radical (unpaired) electrons. The highest BCUT2D eigenvalue weighted by Gasteiger charge is 2.37. The van der Waals surface area contributed by atoms with Crippen LogP contribution >= 0.6 is 0 Å². The van der Waals surface area contributed by atoms with Crippen molar-refractivity contribution in [2.75, 3.05) is 27.6 Å². The second-order valence-corrected chi connectivity index (χ2v) is 4.82. The monoisotopic (exact) mass is 295 g/mol. The molecule has 0 bridgehead atoms. The topological polar surface area (TPSA) is 78.7 Å². The summed E-state index contributed by atoms with van der Waals surface area (Å²) in [7, 11) is 3.11. The molecule has 7 heteroatoms. The summed E-state index contributed by atoms with van der Waals surface area (Å²) in [5, 5.41) is 13.2. The summed E-state index contributed by atoms with van der Waals surface area (Å²) >= 11 is 0. The Kier molecular flexibility index (Phi) is 3.50. The van der Waals surface area contributed by atoms with Crippen LogP contribution in [-0.2, 0) is 4.84 Å². The Hall–Kier alpha value is -2.15. The van der Waals surface area contributed by atoms with Gasteiger partial charge in [-0.1, -0.05) is 12.1 Å². The molecule has 21 heavy (non-hydrogen) atoms. The van der Waals surface area contributed by atoms with Crippen LogP contribution < -0.4 is 18.9 Å². The average molecular weight is 295 g/mol. The molecule has 0 aromatic heterocycles. The van der Waals surface area contributed by atoms with Crippen LogP contribution in [0.4, 0.5) is 0 Å². The Morgan fingerprint density at radius 2 is 2.05 bits per heavy atom. The van der Waals surface area contributed by atoms with E-state index in [-0.39, 0.29) is 25.4 Å². The van der Waals surface area contributed by atoms with E-state index in [1.54, 1.807) is 20.3 Å². The minimum Gasteiger partial charge on any atom is -0.493 e. The van der Waals surface area contributed by atoms with Crippen LogP contribution in [0.25, 0.3) is 0 Å². The van der Waals surface area contributed by atoms with E-state index >= 15 is 0 Å². The van der Waals surface area contributed by atoms with E-state index in [1.165, 1.54) is 0 Å². The lowest BCUT2D eigenvalue weighted by molar-refractivity contribution is 0.0628. The van der Waals surface area contributed by atoms with Crippen molar-refractivity contribution in [3.63, 3.8) is 0 Å². The molecule has 1 aromatic carbocycles. The number of aliphatic hydroxyl groups excluding tert-OH is 1. The number of rotatable bonds is 4. The fourth-order valence-electron chi connectivity index (χ4n) is 2.58. The minimum atomic E-state index is -0.370. The van der Waals surface area contributed by atoms with E-state index in [1.807, 2.05) is 6.92 Å². The Morgan fingerprint density at radius 1 is 1.29 bits per heavy atom. The number of hydrogen-bond acceptors (Lipinski definition) is 7. The third-order valence-electron chi connectivity index (χ3n) is 3.75. The third-order valence-corrected chi connectivity index (χ3v) is 3.75. The average Bonchev–Trinajstić information content (AvgIpc) is 3.12. The second kappa shape index (κ2) is 5.33. The zero-order chi connectivity index (χ0) is 15.0. The van der Waals surface area contributed by atoms with Gasteiger partial charge >= 0.3 is 0 Å². The Morgan fingerprint density at radius 3 is 2.67 bits per heavy atom. The summed E-state index contributed by atoms with van der Waals surface area (Å²) in [6.07, 6.45) is -0.370. The Balaban J connectivity index is 2.07. The summed E-state index contributed by atoms with van der Waals surface area (Å²) in [4.78, 5) is 5.45. The van der Waals surface area contributed by atoms with Crippen molar-refractivity contribution in [1.29, 1.82) is 0 Å². The van der Waals surface area contributed by atoms with Gasteiger partial charge in [-0.15, -0.1) is 0 Å². The SMILES string of the molecule is COc1cc([C@@H]2ON=C(CO)[C@@H]2C)c(OC)c2c1OCO2. The van der Waals surface area contributed by atoms with Crippen LogP contribution in [0.1, 0.15) is 18.6 Å². The van der Waals surface area contributed by atoms with E-state index in [4.69, 9.17) is 23.8 Å². The molecule has 0 amide bonds. The zero-order valence-electron chi connectivity index (χ0n) is 12.1. The van der Waals surface area contributed by atoms with Gasteiger partial charge in [0.15, 0.2) is 17.6 Å². The second-order valence-electron chi connectivity index (χ2n) is 4.82. The molecule has 0 aliphatic carbocycles. The number of hydrogen-bond donors (Lipinski definition) is 1. The normalized spacial score (nSPS) is 22.8. The summed E-state index contributed by atoms with van der Waals surface area (Å²) in [5.74, 6) is 2.03. The highest BCUT2D eigenvalue weighted by atomic mass is 16.7. The highest BCUT2D eigenvalue weighted by Crippen LogP contribution is 2.52. The van der Waals surface area contributed by atoms with Gasteiger partial charge in [0.25, 0.3) is 0 Å². The maximum absolute atomic E-state index is 9.27. The van der Waals surface area contributed by atoms with Crippen molar-refractivity contribution in [3.05, 3.63) is 11.6 Å². The van der Waals surface area contributed by atoms with Crippen LogP contribution in [0.2, 0.25) is 0 Å². The van der Waals surface area contributed by atoms with Crippen molar-refractivity contribution in [3.8, 4) is 23.0 Å². The molecule has 2 aliphatic rings. The summed E-state index contributed by atoms with van der Waals surface area (Å²) in [6.45, 7) is 1.91. The van der Waals surface area contributed by atoms with E-state index in [0.717, 1.165) is 5.56 Å². The number of nitrogens with zero attached hydrogens (tertiary/aromatic N) is 1. The van der Waals surface area contributed by atoms with E-state index in [9.17, 15) is 5.11 Å². The molecule has 114 valence electrons. The smallest absolute Gasteiger partial charge is 0.231 e. The first-order valence-electron chi connectivity index (χ1n) is 6.59. The lowest BCUT2D eigenvalue weighted by Crippen LogP contribution is -2.17. The summed E-state index contributed by atoms with van der Waals surface area (Å²) < 4.78 is 21.7. The number of methoxy groups -OCH3 is 2. The Labute approximate surface area is 122 Å². The number of oxime groups is 1. The van der Waals surface area contributed by atoms with E-state index in [2.05, 4.69) is 5.16 Å². The predicted octanol–water partition coefficient (Wildman–Crippen LogP) is 1.49. The van der Waals surface area contributed by atoms with Gasteiger partial charge in [-0.25, -0.2) is 0 Å².